The minimum atomic E-state index is -4.54. The minimum Gasteiger partial charge on any atom is -0.497 e. The van der Waals surface area contributed by atoms with Crippen LogP contribution in [0.1, 0.15) is 48.7 Å². The number of fused-ring (bicyclic) bond motifs is 12. The molecule has 2 unspecified atom stereocenters. The maximum absolute atomic E-state index is 13.8. The van der Waals surface area contributed by atoms with Gasteiger partial charge in [-0.05, 0) is 144 Å². The molecule has 0 aliphatic rings. The van der Waals surface area contributed by atoms with E-state index in [4.69, 9.17) is 19.7 Å². The van der Waals surface area contributed by atoms with Gasteiger partial charge >= 0.3 is 6.18 Å². The van der Waals surface area contributed by atoms with E-state index < -0.39 is 17.8 Å². The zero-order valence-electron chi connectivity index (χ0n) is 54.7. The van der Waals surface area contributed by atoms with Crippen molar-refractivity contribution < 1.29 is 37.2 Å². The average Bonchev–Trinajstić information content (AvgIpc) is 1.62. The first-order chi connectivity index (χ1) is 43.9. The van der Waals surface area contributed by atoms with Gasteiger partial charge < -0.3 is 67.5 Å². The zero-order chi connectivity index (χ0) is 66.5. The lowest BCUT2D eigenvalue weighted by atomic mass is 10.1. The van der Waals surface area contributed by atoms with Crippen LogP contribution in [0.5, 0.6) is 11.5 Å². The van der Waals surface area contributed by atoms with Crippen molar-refractivity contribution >= 4 is 87.2 Å². The molecule has 0 saturated heterocycles. The molecule has 0 amide bonds. The van der Waals surface area contributed by atoms with Gasteiger partial charge in [-0.25, -0.2) is 4.98 Å². The Hall–Kier alpha value is -8.64. The number of halogens is 4. The Bertz CT molecular complexity index is 4690. The summed E-state index contributed by atoms with van der Waals surface area (Å²) >= 11 is 0. The maximum atomic E-state index is 13.8. The number of nitrogens with zero attached hydrogens (tertiary/aromatic N) is 10. The molecule has 488 valence electrons. The highest BCUT2D eigenvalue weighted by molar-refractivity contribution is 6.11. The predicted octanol–water partition coefficient (Wildman–Crippen LogP) is 11.5. The topological polar surface area (TPSA) is 183 Å². The Balaban J connectivity index is 0.000000145. The van der Waals surface area contributed by atoms with Crippen LogP contribution in [0.4, 0.5) is 17.6 Å². The van der Waals surface area contributed by atoms with Gasteiger partial charge in [0.05, 0.1) is 83.0 Å². The third-order valence-electron chi connectivity index (χ3n) is 16.8. The van der Waals surface area contributed by atoms with Crippen molar-refractivity contribution in [2.24, 2.45) is 0 Å². The van der Waals surface area contributed by atoms with Gasteiger partial charge in [0, 0.05) is 162 Å². The largest absolute Gasteiger partial charge is 0.497 e. The third-order valence-corrected chi connectivity index (χ3v) is 16.8. The molecule has 4 aromatic carbocycles. The first-order valence-electron chi connectivity index (χ1n) is 30.7. The molecule has 8 aromatic heterocycles. The number of pyridine rings is 4. The number of likely N-dealkylation sites (N-methyl/N-ethyl adjacent to an activating group) is 4. The summed E-state index contributed by atoms with van der Waals surface area (Å²) in [5, 5.41) is 25.8. The summed E-state index contributed by atoms with van der Waals surface area (Å²) in [5.74, 6) is 1.24. The molecular weight excluding hydrogens is 1180 g/mol. The smallest absolute Gasteiger partial charge is 0.433 e. The molecule has 2 atom stereocenters. The highest BCUT2D eigenvalue weighted by Gasteiger charge is 2.36. The third kappa shape index (κ3) is 14.3. The molecule has 0 radical (unpaired) electrons. The van der Waals surface area contributed by atoms with E-state index in [1.165, 1.54) is 50.8 Å². The Morgan fingerprint density at radius 2 is 0.978 bits per heavy atom. The summed E-state index contributed by atoms with van der Waals surface area (Å²) in [4.78, 5) is 45.9. The average molecular weight is 1270 g/mol. The summed E-state index contributed by atoms with van der Waals surface area (Å²) in [7, 11) is 15.5. The molecule has 12 rings (SSSR count). The number of aliphatic hydroxyl groups is 2. The lowest BCUT2D eigenvalue weighted by molar-refractivity contribution is -0.140. The van der Waals surface area contributed by atoms with Crippen molar-refractivity contribution in [2.45, 2.75) is 66.0 Å². The number of aromatic nitrogens is 8. The summed E-state index contributed by atoms with van der Waals surface area (Å²) < 4.78 is 73.4. The number of aryl methyl sites for hydroxylation is 3. The number of aromatic amines is 2. The van der Waals surface area contributed by atoms with Crippen LogP contribution in [0.15, 0.2) is 125 Å². The van der Waals surface area contributed by atoms with Gasteiger partial charge in [-0.1, -0.05) is 0 Å². The Kier molecular flexibility index (Phi) is 21.3. The second-order valence-corrected chi connectivity index (χ2v) is 24.1. The normalized spacial score (nSPS) is 12.7. The fraction of sp³-hybridized carbons (Fsp3) is 0.371. The number of rotatable bonds is 18. The highest BCUT2D eigenvalue weighted by Crippen LogP contribution is 2.40. The molecule has 0 aliphatic carbocycles. The van der Waals surface area contributed by atoms with E-state index in [0.29, 0.717) is 47.7 Å². The number of ether oxygens (including phenoxy) is 2. The van der Waals surface area contributed by atoms with Crippen molar-refractivity contribution in [3.05, 3.63) is 165 Å². The fourth-order valence-electron chi connectivity index (χ4n) is 12.8. The lowest BCUT2D eigenvalue weighted by Crippen LogP contribution is -2.26. The molecule has 0 fully saturated rings. The van der Waals surface area contributed by atoms with Gasteiger partial charge in [0.2, 0.25) is 5.95 Å². The van der Waals surface area contributed by atoms with Gasteiger partial charge in [-0.3, -0.25) is 14.6 Å². The van der Waals surface area contributed by atoms with E-state index in [-0.39, 0.29) is 42.2 Å². The Labute approximate surface area is 531 Å². The van der Waals surface area contributed by atoms with E-state index in [0.717, 1.165) is 92.7 Å². The number of aliphatic hydroxyl groups excluding tert-OH is 2. The monoisotopic (exact) mass is 1260 g/mol. The van der Waals surface area contributed by atoms with Gasteiger partial charge in [0.1, 0.15) is 17.2 Å². The SMILES string of the molecule is CN(CCO)CCn1c2cc(=O)ccc2c2cc[nH]c(C(F)(F)F)c21.COc1ccc2c3cc(F)nc(C)c3n(C(C)CN(C)C)c2c1.COc1ccc2c3ccnc(C)c3n(C(C)CN(C)C)c2c1.Cc1[nH]ccc2c3ccc(=O)cc3n(CCN(C)CCO)c12. The second kappa shape index (κ2) is 28.9. The first kappa shape index (κ1) is 67.7. The summed E-state index contributed by atoms with van der Waals surface area (Å²) in [5.41, 5.74) is 8.90. The number of hydrogen-bond donors (Lipinski definition) is 4. The molecule has 0 saturated carbocycles. The standard InChI is InChI=1S/C18H22FN3O.C18H23N3O.C17H18F3N3O2.C17H21N3O2/c1-11(10-21(3)4)22-16-8-13(23-5)6-7-14(16)15-9-17(19)20-12(2)18(15)22;1-12(11-20(3)4)21-17-10-14(22-5)6-7-15(17)16-8-9-19-13(2)18(16)21;1-22(8-9-24)6-7-23-14-10-11(25)2-3-12(14)13-4-5-21-16(15(13)23)17(18,19)20;1-12-17-15(5-6-18-12)14-4-3-13(22)11-16(14)20(17)8-7-19(2)9-10-21/h6-9,11H,10H2,1-5H3;6-10,12H,11H2,1-5H3;2-5,10,21,24H,6-9H2,1H3;3-6,11,18,21H,7-10H2,1-2H3. The highest BCUT2D eigenvalue weighted by atomic mass is 19.4. The van der Waals surface area contributed by atoms with Crippen molar-refractivity contribution in [2.75, 3.05) is 109 Å². The Morgan fingerprint density at radius 1 is 0.533 bits per heavy atom. The van der Waals surface area contributed by atoms with Gasteiger partial charge in [0.15, 0.2) is 10.9 Å². The van der Waals surface area contributed by atoms with Crippen LogP contribution in [-0.2, 0) is 19.3 Å². The molecule has 12 aromatic rings. The maximum Gasteiger partial charge on any atom is 0.433 e. The van der Waals surface area contributed by atoms with E-state index in [1.54, 1.807) is 45.5 Å². The number of methoxy groups -OCH3 is 2. The second-order valence-electron chi connectivity index (χ2n) is 24.1. The quantitative estimate of drug-likeness (QED) is 0.0472. The summed E-state index contributed by atoms with van der Waals surface area (Å²) in [6, 6.07) is 29.6. The molecular formula is C70H84F4N12O6. The van der Waals surface area contributed by atoms with Crippen molar-refractivity contribution in [1.82, 2.24) is 57.8 Å². The van der Waals surface area contributed by atoms with E-state index in [9.17, 15) is 27.2 Å². The zero-order valence-corrected chi connectivity index (χ0v) is 54.7. The molecule has 22 heteroatoms. The number of alkyl halides is 3. The van der Waals surface area contributed by atoms with Crippen LogP contribution in [0.25, 0.3) is 87.2 Å². The molecule has 0 bridgehead atoms. The van der Waals surface area contributed by atoms with Crippen LogP contribution in [0.2, 0.25) is 0 Å². The van der Waals surface area contributed by atoms with Crippen LogP contribution in [0, 0.1) is 26.7 Å². The number of H-pyrrole nitrogens is 2. The van der Waals surface area contributed by atoms with Crippen molar-refractivity contribution in [3.63, 3.8) is 0 Å². The van der Waals surface area contributed by atoms with Crippen LogP contribution in [-0.4, -0.2) is 177 Å². The van der Waals surface area contributed by atoms with Crippen molar-refractivity contribution in [3.8, 4) is 11.5 Å². The molecule has 92 heavy (non-hydrogen) atoms. The van der Waals surface area contributed by atoms with Crippen molar-refractivity contribution in [1.29, 1.82) is 0 Å². The van der Waals surface area contributed by atoms with Crippen LogP contribution >= 0.6 is 0 Å². The molecule has 18 nitrogen and oxygen atoms in total. The van der Waals surface area contributed by atoms with Crippen LogP contribution in [0.3, 0.4) is 0 Å². The summed E-state index contributed by atoms with van der Waals surface area (Å²) in [6.07, 6.45) is 0.549. The van der Waals surface area contributed by atoms with Crippen LogP contribution < -0.4 is 20.3 Å². The number of benzene rings is 4. The minimum absolute atomic E-state index is 0.0295. The molecule has 0 aliphatic heterocycles. The van der Waals surface area contributed by atoms with E-state index in [2.05, 4.69) is 122 Å². The molecule has 8 heterocycles. The lowest BCUT2D eigenvalue weighted by Gasteiger charge is -2.21. The van der Waals surface area contributed by atoms with E-state index in [1.807, 2.05) is 68.5 Å². The summed E-state index contributed by atoms with van der Waals surface area (Å²) in [6.45, 7) is 15.8. The number of hydrogen-bond acceptors (Lipinski definition) is 12. The molecule has 0 spiro atoms. The van der Waals surface area contributed by atoms with E-state index >= 15 is 0 Å². The predicted molar refractivity (Wildman–Crippen MR) is 363 cm³/mol. The first-order valence-corrected chi connectivity index (χ1v) is 30.7. The number of nitrogens with one attached hydrogen (secondary N) is 2. The fourth-order valence-corrected chi connectivity index (χ4v) is 12.8. The van der Waals surface area contributed by atoms with Gasteiger partial charge in [0.25, 0.3) is 0 Å². The van der Waals surface area contributed by atoms with Gasteiger partial charge in [-0.15, -0.1) is 0 Å². The van der Waals surface area contributed by atoms with Gasteiger partial charge in [-0.2, -0.15) is 17.6 Å². The molecule has 4 N–H and O–H groups in total. The Morgan fingerprint density at radius 3 is 1.47 bits per heavy atom.